The first-order chi connectivity index (χ1) is 13.0. The van der Waals surface area contributed by atoms with Gasteiger partial charge in [0.25, 0.3) is 5.91 Å². The minimum absolute atomic E-state index is 0.0269. The predicted octanol–water partition coefficient (Wildman–Crippen LogP) is 4.89. The summed E-state index contributed by atoms with van der Waals surface area (Å²) < 4.78 is 1.78. The van der Waals surface area contributed by atoms with Gasteiger partial charge in [0, 0.05) is 24.8 Å². The van der Waals surface area contributed by atoms with Crippen molar-refractivity contribution in [2.24, 2.45) is 0 Å². The molecule has 3 rings (SSSR count). The van der Waals surface area contributed by atoms with Crippen LogP contribution in [0.15, 0.2) is 72.9 Å². The van der Waals surface area contributed by atoms with Crippen molar-refractivity contribution in [3.05, 3.63) is 84.1 Å². The first-order valence-corrected chi connectivity index (χ1v) is 9.16. The van der Waals surface area contributed by atoms with Gasteiger partial charge < -0.3 is 4.90 Å². The van der Waals surface area contributed by atoms with Crippen LogP contribution in [0.3, 0.4) is 0 Å². The Morgan fingerprint density at radius 1 is 1.11 bits per heavy atom. The fourth-order valence-electron chi connectivity index (χ4n) is 3.10. The lowest BCUT2D eigenvalue weighted by molar-refractivity contribution is 0.0779. The zero-order chi connectivity index (χ0) is 19.4. The molecule has 27 heavy (non-hydrogen) atoms. The van der Waals surface area contributed by atoms with Gasteiger partial charge in [0.1, 0.15) is 5.69 Å². The average Bonchev–Trinajstić information content (AvgIpc) is 3.11. The lowest BCUT2D eigenvalue weighted by atomic mass is 10.0. The SMILES string of the molecule is C=C(C)CN(CC)C(=O)c1cn(-c2ccccc2)nc1-c1ccccc1C. The maximum Gasteiger partial charge on any atom is 0.257 e. The van der Waals surface area contributed by atoms with E-state index in [1.807, 2.05) is 81.6 Å². The molecule has 4 heteroatoms. The van der Waals surface area contributed by atoms with Gasteiger partial charge in [0.15, 0.2) is 0 Å². The number of para-hydroxylation sites is 1. The molecular formula is C23H25N3O. The van der Waals surface area contributed by atoms with Gasteiger partial charge in [-0.15, -0.1) is 0 Å². The second kappa shape index (κ2) is 8.04. The smallest absolute Gasteiger partial charge is 0.257 e. The second-order valence-electron chi connectivity index (χ2n) is 6.76. The Morgan fingerprint density at radius 3 is 2.41 bits per heavy atom. The first kappa shape index (κ1) is 18.6. The lowest BCUT2D eigenvalue weighted by Gasteiger charge is -2.21. The van der Waals surface area contributed by atoms with E-state index in [-0.39, 0.29) is 5.91 Å². The second-order valence-corrected chi connectivity index (χ2v) is 6.76. The van der Waals surface area contributed by atoms with E-state index < -0.39 is 0 Å². The van der Waals surface area contributed by atoms with Crippen LogP contribution in [0.2, 0.25) is 0 Å². The van der Waals surface area contributed by atoms with Crippen molar-refractivity contribution in [3.8, 4) is 16.9 Å². The van der Waals surface area contributed by atoms with Crippen LogP contribution < -0.4 is 0 Å². The lowest BCUT2D eigenvalue weighted by Crippen LogP contribution is -2.32. The van der Waals surface area contributed by atoms with Gasteiger partial charge in [-0.25, -0.2) is 4.68 Å². The van der Waals surface area contributed by atoms with Crippen LogP contribution in [0.1, 0.15) is 29.8 Å². The van der Waals surface area contributed by atoms with Gasteiger partial charge in [-0.3, -0.25) is 4.79 Å². The largest absolute Gasteiger partial charge is 0.335 e. The molecule has 1 aromatic heterocycles. The number of benzene rings is 2. The topological polar surface area (TPSA) is 38.1 Å². The number of aryl methyl sites for hydroxylation is 1. The van der Waals surface area contributed by atoms with E-state index in [1.54, 1.807) is 9.58 Å². The molecule has 0 aliphatic carbocycles. The summed E-state index contributed by atoms with van der Waals surface area (Å²) in [6.07, 6.45) is 1.83. The van der Waals surface area contributed by atoms with E-state index in [0.717, 1.165) is 22.4 Å². The van der Waals surface area contributed by atoms with Crippen molar-refractivity contribution in [3.63, 3.8) is 0 Å². The van der Waals surface area contributed by atoms with Crippen LogP contribution in [0.5, 0.6) is 0 Å². The van der Waals surface area contributed by atoms with Crippen molar-refractivity contribution in [2.45, 2.75) is 20.8 Å². The molecule has 0 saturated heterocycles. The summed E-state index contributed by atoms with van der Waals surface area (Å²) in [4.78, 5) is 15.1. The summed E-state index contributed by atoms with van der Waals surface area (Å²) in [6.45, 7) is 11.1. The van der Waals surface area contributed by atoms with Crippen molar-refractivity contribution < 1.29 is 4.79 Å². The van der Waals surface area contributed by atoms with Gasteiger partial charge in [-0.2, -0.15) is 5.10 Å². The quantitative estimate of drug-likeness (QED) is 0.588. The third-order valence-electron chi connectivity index (χ3n) is 4.50. The van der Waals surface area contributed by atoms with Gasteiger partial charge in [-0.1, -0.05) is 54.6 Å². The van der Waals surface area contributed by atoms with Gasteiger partial charge in [0.05, 0.1) is 11.3 Å². The Bertz CT molecular complexity index is 957. The summed E-state index contributed by atoms with van der Waals surface area (Å²) >= 11 is 0. The summed E-state index contributed by atoms with van der Waals surface area (Å²) in [7, 11) is 0. The summed E-state index contributed by atoms with van der Waals surface area (Å²) in [5.41, 5.74) is 5.26. The van der Waals surface area contributed by atoms with Gasteiger partial charge in [0.2, 0.25) is 0 Å². The number of nitrogens with zero attached hydrogens (tertiary/aromatic N) is 3. The Hall–Kier alpha value is -3.14. The standard InChI is InChI=1S/C23H25N3O/c1-5-25(15-17(2)3)23(27)21-16-26(19-12-7-6-8-13-19)24-22(21)20-14-10-9-11-18(20)4/h6-14,16H,2,5,15H2,1,3-4H3. The van der Waals surface area contributed by atoms with E-state index >= 15 is 0 Å². The van der Waals surface area contributed by atoms with Crippen molar-refractivity contribution >= 4 is 5.91 Å². The van der Waals surface area contributed by atoms with Crippen LogP contribution in [-0.2, 0) is 0 Å². The fourth-order valence-corrected chi connectivity index (χ4v) is 3.10. The van der Waals surface area contributed by atoms with Crippen molar-refractivity contribution in [1.82, 2.24) is 14.7 Å². The molecule has 0 atom stereocenters. The molecule has 138 valence electrons. The number of rotatable bonds is 6. The van der Waals surface area contributed by atoms with Gasteiger partial charge in [-0.05, 0) is 38.5 Å². The normalized spacial score (nSPS) is 10.6. The molecule has 4 nitrogen and oxygen atoms in total. The third kappa shape index (κ3) is 4.00. The molecule has 0 N–H and O–H groups in total. The van der Waals surface area contributed by atoms with E-state index in [4.69, 9.17) is 5.10 Å². The number of amides is 1. The highest BCUT2D eigenvalue weighted by atomic mass is 16.2. The van der Waals surface area contributed by atoms with E-state index in [9.17, 15) is 4.79 Å². The molecule has 0 unspecified atom stereocenters. The zero-order valence-corrected chi connectivity index (χ0v) is 16.1. The van der Waals surface area contributed by atoms with Crippen molar-refractivity contribution in [1.29, 1.82) is 0 Å². The minimum Gasteiger partial charge on any atom is -0.335 e. The number of carbonyl (C=O) groups excluding carboxylic acids is 1. The van der Waals surface area contributed by atoms with E-state index in [2.05, 4.69) is 6.58 Å². The number of hydrogen-bond acceptors (Lipinski definition) is 2. The Labute approximate surface area is 160 Å². The van der Waals surface area contributed by atoms with Crippen LogP contribution >= 0.6 is 0 Å². The molecule has 0 fully saturated rings. The van der Waals surface area contributed by atoms with Crippen LogP contribution in [0, 0.1) is 6.92 Å². The molecule has 0 spiro atoms. The Balaban J connectivity index is 2.13. The molecule has 0 bridgehead atoms. The monoisotopic (exact) mass is 359 g/mol. The van der Waals surface area contributed by atoms with Gasteiger partial charge >= 0.3 is 0 Å². The molecule has 2 aromatic carbocycles. The number of carbonyl (C=O) groups is 1. The van der Waals surface area contributed by atoms with E-state index in [0.29, 0.717) is 24.3 Å². The van der Waals surface area contributed by atoms with Crippen LogP contribution in [0.4, 0.5) is 0 Å². The number of likely N-dealkylation sites (N-methyl/N-ethyl adjacent to an activating group) is 1. The highest BCUT2D eigenvalue weighted by molar-refractivity contribution is 6.00. The molecule has 3 aromatic rings. The first-order valence-electron chi connectivity index (χ1n) is 9.16. The van der Waals surface area contributed by atoms with Crippen molar-refractivity contribution in [2.75, 3.05) is 13.1 Å². The number of aromatic nitrogens is 2. The third-order valence-corrected chi connectivity index (χ3v) is 4.50. The Morgan fingerprint density at radius 2 is 1.78 bits per heavy atom. The summed E-state index contributed by atoms with van der Waals surface area (Å²) in [5, 5.41) is 4.78. The maximum absolute atomic E-state index is 13.3. The summed E-state index contributed by atoms with van der Waals surface area (Å²) in [5.74, 6) is -0.0269. The average molecular weight is 359 g/mol. The minimum atomic E-state index is -0.0269. The fraction of sp³-hybridized carbons (Fsp3) is 0.217. The maximum atomic E-state index is 13.3. The summed E-state index contributed by atoms with van der Waals surface area (Å²) in [6, 6.07) is 17.9. The van der Waals surface area contributed by atoms with Crippen LogP contribution in [0.25, 0.3) is 16.9 Å². The highest BCUT2D eigenvalue weighted by Gasteiger charge is 2.23. The molecule has 0 aliphatic rings. The Kier molecular flexibility index (Phi) is 5.55. The molecule has 0 saturated carbocycles. The predicted molar refractivity (Wildman–Crippen MR) is 110 cm³/mol. The zero-order valence-electron chi connectivity index (χ0n) is 16.1. The van der Waals surface area contributed by atoms with E-state index in [1.165, 1.54) is 0 Å². The molecule has 1 amide bonds. The number of hydrogen-bond donors (Lipinski definition) is 0. The molecule has 0 radical (unpaired) electrons. The van der Waals surface area contributed by atoms with Crippen LogP contribution in [-0.4, -0.2) is 33.7 Å². The highest BCUT2D eigenvalue weighted by Crippen LogP contribution is 2.27. The molecule has 1 heterocycles. The molecule has 0 aliphatic heterocycles. The molecular weight excluding hydrogens is 334 g/mol.